The van der Waals surface area contributed by atoms with E-state index in [-0.39, 0.29) is 0 Å². The fraction of sp³-hybridized carbons (Fsp3) is 0.920. The Morgan fingerprint density at radius 2 is 0.889 bits per heavy atom. The van der Waals surface area contributed by atoms with E-state index in [1.54, 1.807) is 0 Å². The van der Waals surface area contributed by atoms with Gasteiger partial charge in [-0.1, -0.05) is 109 Å². The van der Waals surface area contributed by atoms with Crippen LogP contribution >= 0.6 is 0 Å². The number of rotatable bonds is 21. The van der Waals surface area contributed by atoms with E-state index in [2.05, 4.69) is 19.1 Å². The molecule has 0 rings (SSSR count). The van der Waals surface area contributed by atoms with Gasteiger partial charge in [0, 0.05) is 6.42 Å². The van der Waals surface area contributed by atoms with Crippen molar-refractivity contribution in [3.05, 3.63) is 12.2 Å². The monoisotopic (exact) mass is 382 g/mol. The van der Waals surface area contributed by atoms with Gasteiger partial charge in [0.2, 0.25) is 0 Å². The lowest BCUT2D eigenvalue weighted by molar-refractivity contribution is -0.167. The zero-order chi connectivity index (χ0) is 20.1. The molecule has 2 nitrogen and oxygen atoms in total. The largest absolute Gasteiger partial charge is 0.366 e. The van der Waals surface area contributed by atoms with Crippen LogP contribution in [-0.2, 0) is 0 Å². The number of hydrogen-bond acceptors (Lipinski definition) is 2. The van der Waals surface area contributed by atoms with E-state index < -0.39 is 5.79 Å². The summed E-state index contributed by atoms with van der Waals surface area (Å²) >= 11 is 0. The summed E-state index contributed by atoms with van der Waals surface area (Å²) < 4.78 is 0. The third-order valence-electron chi connectivity index (χ3n) is 5.66. The molecule has 27 heavy (non-hydrogen) atoms. The van der Waals surface area contributed by atoms with E-state index >= 15 is 0 Å². The van der Waals surface area contributed by atoms with Gasteiger partial charge in [0.05, 0.1) is 0 Å². The lowest BCUT2D eigenvalue weighted by atomic mass is 10.0. The van der Waals surface area contributed by atoms with Gasteiger partial charge in [0.15, 0.2) is 5.79 Å². The maximum absolute atomic E-state index is 9.53. The standard InChI is InChI=1S/C25H50O2/c1-3-5-6-7-8-9-10-11-12-13-14-15-16-17-18-19-20-21-22-23-24-25(26,27)4-2/h11-12,26-27H,3-10,13-24H2,1-2H3/b12-11-. The van der Waals surface area contributed by atoms with Crippen LogP contribution in [0.25, 0.3) is 0 Å². The van der Waals surface area contributed by atoms with Crippen molar-refractivity contribution in [3.8, 4) is 0 Å². The quantitative estimate of drug-likeness (QED) is 0.120. The summed E-state index contributed by atoms with van der Waals surface area (Å²) in [6.07, 6.45) is 29.5. The molecule has 0 heterocycles. The Morgan fingerprint density at radius 1 is 0.519 bits per heavy atom. The molecular formula is C25H50O2. The van der Waals surface area contributed by atoms with E-state index in [4.69, 9.17) is 0 Å². The Morgan fingerprint density at radius 3 is 1.30 bits per heavy atom. The molecule has 0 atom stereocenters. The molecule has 0 amide bonds. The molecule has 0 aromatic carbocycles. The summed E-state index contributed by atoms with van der Waals surface area (Å²) in [7, 11) is 0. The van der Waals surface area contributed by atoms with Crippen molar-refractivity contribution < 1.29 is 10.2 Å². The van der Waals surface area contributed by atoms with Gasteiger partial charge in [-0.05, 0) is 38.5 Å². The van der Waals surface area contributed by atoms with Gasteiger partial charge < -0.3 is 10.2 Å². The van der Waals surface area contributed by atoms with Gasteiger partial charge in [-0.3, -0.25) is 0 Å². The zero-order valence-electron chi connectivity index (χ0n) is 18.7. The van der Waals surface area contributed by atoms with Crippen LogP contribution in [0.15, 0.2) is 12.2 Å². The highest BCUT2D eigenvalue weighted by molar-refractivity contribution is 4.81. The molecule has 0 saturated carbocycles. The van der Waals surface area contributed by atoms with Crippen LogP contribution in [0.2, 0.25) is 0 Å². The molecule has 0 aliphatic carbocycles. The lowest BCUT2D eigenvalue weighted by Gasteiger charge is -2.19. The molecule has 0 aromatic rings. The second-order valence-electron chi connectivity index (χ2n) is 8.44. The van der Waals surface area contributed by atoms with Crippen molar-refractivity contribution in [3.63, 3.8) is 0 Å². The van der Waals surface area contributed by atoms with Crippen LogP contribution in [0.4, 0.5) is 0 Å². The van der Waals surface area contributed by atoms with Crippen LogP contribution in [0.3, 0.4) is 0 Å². The molecule has 0 aliphatic rings. The Hall–Kier alpha value is -0.340. The van der Waals surface area contributed by atoms with Gasteiger partial charge in [-0.2, -0.15) is 0 Å². The van der Waals surface area contributed by atoms with Gasteiger partial charge in [0.1, 0.15) is 0 Å². The van der Waals surface area contributed by atoms with Crippen LogP contribution in [-0.4, -0.2) is 16.0 Å². The van der Waals surface area contributed by atoms with Crippen LogP contribution < -0.4 is 0 Å². The van der Waals surface area contributed by atoms with E-state index in [1.165, 1.54) is 103 Å². The molecular weight excluding hydrogens is 332 g/mol. The van der Waals surface area contributed by atoms with Crippen LogP contribution in [0.1, 0.15) is 142 Å². The average Bonchev–Trinajstić information content (AvgIpc) is 2.66. The normalized spacial score (nSPS) is 12.3. The zero-order valence-corrected chi connectivity index (χ0v) is 18.7. The highest BCUT2D eigenvalue weighted by atomic mass is 16.5. The number of aliphatic hydroxyl groups is 2. The highest BCUT2D eigenvalue weighted by Gasteiger charge is 2.18. The van der Waals surface area contributed by atoms with Crippen molar-refractivity contribution in [1.29, 1.82) is 0 Å². The molecule has 2 N–H and O–H groups in total. The summed E-state index contributed by atoms with van der Waals surface area (Å²) in [4.78, 5) is 0. The first-order chi connectivity index (χ1) is 13.1. The maximum Gasteiger partial charge on any atom is 0.162 e. The average molecular weight is 383 g/mol. The summed E-state index contributed by atoms with van der Waals surface area (Å²) in [5, 5.41) is 19.1. The first-order valence-electron chi connectivity index (χ1n) is 12.2. The molecule has 0 aromatic heterocycles. The Balaban J connectivity index is 3.13. The summed E-state index contributed by atoms with van der Waals surface area (Å²) in [5.41, 5.74) is 0. The molecule has 0 saturated heterocycles. The fourth-order valence-electron chi connectivity index (χ4n) is 3.54. The lowest BCUT2D eigenvalue weighted by Crippen LogP contribution is -2.26. The van der Waals surface area contributed by atoms with E-state index in [0.29, 0.717) is 12.8 Å². The van der Waals surface area contributed by atoms with Crippen molar-refractivity contribution in [2.24, 2.45) is 0 Å². The van der Waals surface area contributed by atoms with Gasteiger partial charge >= 0.3 is 0 Å². The Bertz CT molecular complexity index is 309. The van der Waals surface area contributed by atoms with Crippen LogP contribution in [0.5, 0.6) is 0 Å². The second-order valence-corrected chi connectivity index (χ2v) is 8.44. The minimum atomic E-state index is -1.43. The minimum Gasteiger partial charge on any atom is -0.366 e. The topological polar surface area (TPSA) is 40.5 Å². The predicted octanol–water partition coefficient (Wildman–Crippen LogP) is 8.07. The molecule has 0 radical (unpaired) electrons. The minimum absolute atomic E-state index is 0.432. The van der Waals surface area contributed by atoms with Gasteiger partial charge in [0.25, 0.3) is 0 Å². The van der Waals surface area contributed by atoms with Gasteiger partial charge in [-0.25, -0.2) is 0 Å². The third kappa shape index (κ3) is 21.8. The summed E-state index contributed by atoms with van der Waals surface area (Å²) in [6, 6.07) is 0. The summed E-state index contributed by atoms with van der Waals surface area (Å²) in [5.74, 6) is -1.43. The number of unbranched alkanes of at least 4 members (excludes halogenated alkanes) is 16. The second kappa shape index (κ2) is 20.4. The molecule has 0 unspecified atom stereocenters. The molecule has 0 fully saturated rings. The first-order valence-corrected chi connectivity index (χ1v) is 12.2. The van der Waals surface area contributed by atoms with E-state index in [9.17, 15) is 10.2 Å². The first kappa shape index (κ1) is 26.7. The molecule has 0 aliphatic heterocycles. The predicted molar refractivity (Wildman–Crippen MR) is 120 cm³/mol. The van der Waals surface area contributed by atoms with E-state index in [0.717, 1.165) is 12.8 Å². The fourth-order valence-corrected chi connectivity index (χ4v) is 3.54. The maximum atomic E-state index is 9.53. The van der Waals surface area contributed by atoms with E-state index in [1.807, 2.05) is 6.92 Å². The number of hydrogen-bond donors (Lipinski definition) is 2. The van der Waals surface area contributed by atoms with Gasteiger partial charge in [-0.15, -0.1) is 0 Å². The number of allylic oxidation sites excluding steroid dienone is 2. The van der Waals surface area contributed by atoms with Crippen molar-refractivity contribution in [2.75, 3.05) is 0 Å². The Kier molecular flexibility index (Phi) is 20.1. The van der Waals surface area contributed by atoms with Crippen LogP contribution in [0, 0.1) is 0 Å². The third-order valence-corrected chi connectivity index (χ3v) is 5.66. The molecule has 0 bridgehead atoms. The smallest absolute Gasteiger partial charge is 0.162 e. The summed E-state index contributed by atoms with van der Waals surface area (Å²) in [6.45, 7) is 4.10. The van der Waals surface area contributed by atoms with Crippen molar-refractivity contribution >= 4 is 0 Å². The van der Waals surface area contributed by atoms with Crippen molar-refractivity contribution in [2.45, 2.75) is 148 Å². The SMILES string of the molecule is CCCCCCCC/C=C\CCCCCCCCCCCCC(O)(O)CC. The van der Waals surface area contributed by atoms with Crippen molar-refractivity contribution in [1.82, 2.24) is 0 Å². The molecule has 0 spiro atoms. The molecule has 2 heteroatoms. The Labute approximate surface area is 170 Å². The highest BCUT2D eigenvalue weighted by Crippen LogP contribution is 2.17. The molecule has 162 valence electrons.